The van der Waals surface area contributed by atoms with Crippen LogP contribution in [0.4, 0.5) is 4.39 Å². The van der Waals surface area contributed by atoms with Crippen LogP contribution in [0.2, 0.25) is 0 Å². The normalized spacial score (nSPS) is 10.0. The van der Waals surface area contributed by atoms with Crippen molar-refractivity contribution in [1.82, 2.24) is 4.98 Å². The van der Waals surface area contributed by atoms with E-state index in [0.29, 0.717) is 11.4 Å². The van der Waals surface area contributed by atoms with Crippen molar-refractivity contribution < 1.29 is 9.13 Å². The Bertz CT molecular complexity index is 471. The Labute approximate surface area is 87.4 Å². The molecule has 0 amide bonds. The minimum Gasteiger partial charge on any atom is -0.496 e. The smallest absolute Gasteiger partial charge is 0.213 e. The molecule has 0 radical (unpaired) electrons. The van der Waals surface area contributed by atoms with Crippen LogP contribution in [0, 0.1) is 5.95 Å². The summed E-state index contributed by atoms with van der Waals surface area (Å²) in [6.45, 7) is 0. The molecule has 0 unspecified atom stereocenters. The second-order valence-corrected chi connectivity index (χ2v) is 3.05. The van der Waals surface area contributed by atoms with E-state index in [-0.39, 0.29) is 0 Å². The van der Waals surface area contributed by atoms with E-state index >= 15 is 0 Å². The van der Waals surface area contributed by atoms with Crippen LogP contribution in [0.25, 0.3) is 11.3 Å². The summed E-state index contributed by atoms with van der Waals surface area (Å²) in [6, 6.07) is 12.1. The molecule has 0 aliphatic carbocycles. The first-order valence-corrected chi connectivity index (χ1v) is 4.57. The summed E-state index contributed by atoms with van der Waals surface area (Å²) < 4.78 is 18.1. The number of aromatic nitrogens is 1. The monoisotopic (exact) mass is 203 g/mol. The molecule has 0 spiro atoms. The molecule has 0 saturated carbocycles. The summed E-state index contributed by atoms with van der Waals surface area (Å²) >= 11 is 0. The Morgan fingerprint density at radius 2 is 1.87 bits per heavy atom. The summed E-state index contributed by atoms with van der Waals surface area (Å²) in [5.41, 5.74) is 1.37. The number of hydrogen-bond acceptors (Lipinski definition) is 2. The first-order valence-electron chi connectivity index (χ1n) is 4.57. The number of methoxy groups -OCH3 is 1. The van der Waals surface area contributed by atoms with Gasteiger partial charge in [0.05, 0.1) is 12.8 Å². The molecule has 1 heterocycles. The Hall–Kier alpha value is -1.90. The number of rotatable bonds is 2. The molecule has 0 N–H and O–H groups in total. The molecule has 0 atom stereocenters. The maximum atomic E-state index is 12.9. The van der Waals surface area contributed by atoms with E-state index in [4.69, 9.17) is 4.74 Å². The predicted octanol–water partition coefficient (Wildman–Crippen LogP) is 2.90. The number of halogens is 1. The maximum absolute atomic E-state index is 12.9. The largest absolute Gasteiger partial charge is 0.496 e. The lowest BCUT2D eigenvalue weighted by Gasteiger charge is -2.06. The molecular weight excluding hydrogens is 193 g/mol. The molecule has 2 aromatic rings. The fourth-order valence-corrected chi connectivity index (χ4v) is 1.41. The number of pyridine rings is 1. The van der Waals surface area contributed by atoms with Gasteiger partial charge in [0.2, 0.25) is 5.95 Å². The van der Waals surface area contributed by atoms with Crippen LogP contribution in [0.3, 0.4) is 0 Å². The van der Waals surface area contributed by atoms with Crippen LogP contribution >= 0.6 is 0 Å². The fraction of sp³-hybridized carbons (Fsp3) is 0.0833. The van der Waals surface area contributed by atoms with Gasteiger partial charge in [-0.15, -0.1) is 0 Å². The minimum atomic E-state index is -0.488. The summed E-state index contributed by atoms with van der Waals surface area (Å²) in [4.78, 5) is 3.81. The van der Waals surface area contributed by atoms with E-state index < -0.39 is 5.95 Å². The topological polar surface area (TPSA) is 22.1 Å². The molecule has 1 aromatic carbocycles. The van der Waals surface area contributed by atoms with Crippen molar-refractivity contribution in [2.75, 3.05) is 7.11 Å². The Balaban J connectivity index is 2.53. The van der Waals surface area contributed by atoms with E-state index in [0.717, 1.165) is 5.56 Å². The van der Waals surface area contributed by atoms with Gasteiger partial charge in [-0.3, -0.25) is 0 Å². The van der Waals surface area contributed by atoms with Crippen molar-refractivity contribution in [1.29, 1.82) is 0 Å². The zero-order valence-electron chi connectivity index (χ0n) is 8.27. The van der Waals surface area contributed by atoms with Crippen molar-refractivity contribution in [3.05, 3.63) is 48.4 Å². The number of ether oxygens (including phenoxy) is 1. The van der Waals surface area contributed by atoms with Gasteiger partial charge in [-0.1, -0.05) is 18.2 Å². The highest BCUT2D eigenvalue weighted by molar-refractivity contribution is 5.66. The highest BCUT2D eigenvalue weighted by Crippen LogP contribution is 2.27. The standard InChI is InChI=1S/C12H10FNO/c1-15-11-7-3-2-5-9(11)10-6-4-8-12(13)14-10/h2-8H,1H3. The molecule has 0 aliphatic rings. The molecule has 76 valence electrons. The minimum absolute atomic E-state index is 0.488. The lowest BCUT2D eigenvalue weighted by atomic mass is 10.1. The molecule has 2 nitrogen and oxygen atoms in total. The molecule has 2 rings (SSSR count). The van der Waals surface area contributed by atoms with E-state index in [1.54, 1.807) is 19.2 Å². The van der Waals surface area contributed by atoms with Gasteiger partial charge in [-0.25, -0.2) is 4.98 Å². The molecule has 15 heavy (non-hydrogen) atoms. The third-order valence-corrected chi connectivity index (χ3v) is 2.10. The third kappa shape index (κ3) is 1.96. The summed E-state index contributed by atoms with van der Waals surface area (Å²) in [5.74, 6) is 0.203. The van der Waals surface area contributed by atoms with Crippen molar-refractivity contribution in [3.63, 3.8) is 0 Å². The Kier molecular flexibility index (Phi) is 2.63. The first kappa shape index (κ1) is 9.65. The summed E-state index contributed by atoms with van der Waals surface area (Å²) in [5, 5.41) is 0. The number of nitrogens with zero attached hydrogens (tertiary/aromatic N) is 1. The van der Waals surface area contributed by atoms with Gasteiger partial charge in [0.15, 0.2) is 0 Å². The number of hydrogen-bond donors (Lipinski definition) is 0. The van der Waals surface area contributed by atoms with Crippen LogP contribution in [-0.4, -0.2) is 12.1 Å². The molecular formula is C12H10FNO. The average Bonchev–Trinajstić information content (AvgIpc) is 2.29. The van der Waals surface area contributed by atoms with Gasteiger partial charge in [-0.05, 0) is 24.3 Å². The lowest BCUT2D eigenvalue weighted by molar-refractivity contribution is 0.416. The molecule has 3 heteroatoms. The molecule has 1 aromatic heterocycles. The first-order chi connectivity index (χ1) is 7.31. The van der Waals surface area contributed by atoms with Crippen LogP contribution in [0.1, 0.15) is 0 Å². The molecule has 0 aliphatic heterocycles. The SMILES string of the molecule is COc1ccccc1-c1cccc(F)n1. The van der Waals surface area contributed by atoms with Crippen LogP contribution < -0.4 is 4.74 Å². The van der Waals surface area contributed by atoms with Crippen LogP contribution in [0.5, 0.6) is 5.75 Å². The van der Waals surface area contributed by atoms with Crippen molar-refractivity contribution >= 4 is 0 Å². The number of benzene rings is 1. The quantitative estimate of drug-likeness (QED) is 0.700. The van der Waals surface area contributed by atoms with Gasteiger partial charge in [0, 0.05) is 5.56 Å². The van der Waals surface area contributed by atoms with Crippen molar-refractivity contribution in [2.45, 2.75) is 0 Å². The van der Waals surface area contributed by atoms with Crippen LogP contribution in [0.15, 0.2) is 42.5 Å². The highest BCUT2D eigenvalue weighted by Gasteiger charge is 2.06. The van der Waals surface area contributed by atoms with Crippen LogP contribution in [-0.2, 0) is 0 Å². The van der Waals surface area contributed by atoms with Gasteiger partial charge in [0.25, 0.3) is 0 Å². The Morgan fingerprint density at radius 1 is 1.07 bits per heavy atom. The van der Waals surface area contributed by atoms with E-state index in [2.05, 4.69) is 4.98 Å². The molecule has 0 fully saturated rings. The van der Waals surface area contributed by atoms with Gasteiger partial charge in [-0.2, -0.15) is 4.39 Å². The second kappa shape index (κ2) is 4.09. The van der Waals surface area contributed by atoms with E-state index in [9.17, 15) is 4.39 Å². The van der Waals surface area contributed by atoms with Crippen molar-refractivity contribution in [2.24, 2.45) is 0 Å². The van der Waals surface area contributed by atoms with Gasteiger partial charge >= 0.3 is 0 Å². The van der Waals surface area contributed by atoms with Crippen molar-refractivity contribution in [3.8, 4) is 17.0 Å². The molecule has 0 saturated heterocycles. The average molecular weight is 203 g/mol. The molecule has 0 bridgehead atoms. The lowest BCUT2D eigenvalue weighted by Crippen LogP contribution is -1.91. The fourth-order valence-electron chi connectivity index (χ4n) is 1.41. The zero-order chi connectivity index (χ0) is 10.7. The highest BCUT2D eigenvalue weighted by atomic mass is 19.1. The van der Waals surface area contributed by atoms with Gasteiger partial charge in [0.1, 0.15) is 5.75 Å². The van der Waals surface area contributed by atoms with E-state index in [1.807, 2.05) is 24.3 Å². The zero-order valence-corrected chi connectivity index (χ0v) is 8.27. The van der Waals surface area contributed by atoms with Gasteiger partial charge < -0.3 is 4.74 Å². The summed E-state index contributed by atoms with van der Waals surface area (Å²) in [6.07, 6.45) is 0. The Morgan fingerprint density at radius 3 is 2.60 bits per heavy atom. The summed E-state index contributed by atoms with van der Waals surface area (Å²) in [7, 11) is 1.58. The third-order valence-electron chi connectivity index (χ3n) is 2.10. The second-order valence-electron chi connectivity index (χ2n) is 3.05. The number of para-hydroxylation sites is 1. The van der Waals surface area contributed by atoms with E-state index in [1.165, 1.54) is 6.07 Å². The maximum Gasteiger partial charge on any atom is 0.213 e. The predicted molar refractivity (Wildman–Crippen MR) is 56.2 cm³/mol.